The topological polar surface area (TPSA) is 30.9 Å². The van der Waals surface area contributed by atoms with E-state index in [2.05, 4.69) is 21.6 Å². The number of anilines is 1. The van der Waals surface area contributed by atoms with Crippen LogP contribution in [-0.2, 0) is 0 Å². The Morgan fingerprint density at radius 1 is 1.27 bits per heavy atom. The van der Waals surface area contributed by atoms with Gasteiger partial charge in [-0.25, -0.2) is 9.38 Å². The predicted octanol–water partition coefficient (Wildman–Crippen LogP) is 2.77. The van der Waals surface area contributed by atoms with Gasteiger partial charge >= 0.3 is 0 Å². The second-order valence-corrected chi connectivity index (χ2v) is 7.73. The van der Waals surface area contributed by atoms with Gasteiger partial charge in [0.15, 0.2) is 0 Å². The van der Waals surface area contributed by atoms with Gasteiger partial charge in [-0.2, -0.15) is 0 Å². The second kappa shape index (κ2) is 4.61. The molecule has 3 heterocycles. The van der Waals surface area contributed by atoms with E-state index in [0.717, 1.165) is 35.2 Å². The van der Waals surface area contributed by atoms with Gasteiger partial charge < -0.3 is 9.62 Å². The van der Waals surface area contributed by atoms with E-state index in [-0.39, 0.29) is 5.82 Å². The molecule has 3 aliphatic heterocycles. The predicted molar refractivity (Wildman–Crippen MR) is 87.4 cm³/mol. The van der Waals surface area contributed by atoms with Crippen molar-refractivity contribution in [2.24, 2.45) is 10.9 Å². The number of hydrogen-bond donors (Lipinski definition) is 1. The number of benzene rings is 1. The van der Waals surface area contributed by atoms with Crippen LogP contribution in [0, 0.1) is 11.7 Å². The molecule has 2 atom stereocenters. The number of nitrogens with one attached hydrogen (secondary N) is 1. The molecule has 1 saturated carbocycles. The van der Waals surface area contributed by atoms with Crippen molar-refractivity contribution >= 4 is 29.2 Å². The van der Waals surface area contributed by atoms with Crippen LogP contribution in [0.5, 0.6) is 0 Å². The Bertz CT molecular complexity index is 670. The lowest BCUT2D eigenvalue weighted by Crippen LogP contribution is -2.44. The maximum atomic E-state index is 14.1. The number of rotatable bonds is 2. The molecule has 0 amide bonds. The Balaban J connectivity index is 1.57. The molecule has 2 unspecified atom stereocenters. The average molecular weight is 318 g/mol. The van der Waals surface area contributed by atoms with E-state index in [4.69, 9.17) is 4.99 Å². The van der Waals surface area contributed by atoms with Crippen molar-refractivity contribution in [2.45, 2.75) is 36.2 Å². The van der Waals surface area contributed by atoms with Gasteiger partial charge in [0.1, 0.15) is 17.3 Å². The van der Waals surface area contributed by atoms with Crippen molar-refractivity contribution in [3.05, 3.63) is 17.9 Å². The van der Waals surface area contributed by atoms with Crippen LogP contribution in [0.1, 0.15) is 19.3 Å². The van der Waals surface area contributed by atoms with Gasteiger partial charge in [0.05, 0.1) is 10.6 Å². The van der Waals surface area contributed by atoms with E-state index in [1.807, 2.05) is 0 Å². The summed E-state index contributed by atoms with van der Waals surface area (Å²) in [6, 6.07) is 4.38. The monoisotopic (exact) mass is 318 g/mol. The zero-order valence-electron chi connectivity index (χ0n) is 12.6. The summed E-state index contributed by atoms with van der Waals surface area (Å²) < 4.78 is 17.4. The average Bonchev–Trinajstić information content (AvgIpc) is 3.19. The molecule has 4 nitrogen and oxygen atoms in total. The van der Waals surface area contributed by atoms with Gasteiger partial charge in [0.2, 0.25) is 0 Å². The molecule has 2 bridgehead atoms. The Kier molecular flexibility index (Phi) is 2.77. The molecule has 0 radical (unpaired) electrons. The molecular weight excluding hydrogens is 299 g/mol. The second-order valence-electron chi connectivity index (χ2n) is 6.88. The number of nitrogens with zero attached hydrogens (tertiary/aromatic N) is 3. The van der Waals surface area contributed by atoms with Crippen LogP contribution in [0.25, 0.3) is 0 Å². The first-order valence-electron chi connectivity index (χ1n) is 8.01. The molecular formula is C16H19FN4S. The lowest BCUT2D eigenvalue weighted by Gasteiger charge is -2.35. The highest BCUT2D eigenvalue weighted by Gasteiger charge is 2.43. The maximum Gasteiger partial charge on any atom is 0.126 e. The van der Waals surface area contributed by atoms with E-state index in [0.29, 0.717) is 18.0 Å². The van der Waals surface area contributed by atoms with Gasteiger partial charge in [-0.15, -0.1) is 0 Å². The largest absolute Gasteiger partial charge is 0.364 e. The van der Waals surface area contributed by atoms with Gasteiger partial charge in [-0.3, -0.25) is 4.90 Å². The number of amidine groups is 1. The van der Waals surface area contributed by atoms with Crippen molar-refractivity contribution in [1.82, 2.24) is 9.62 Å². The Morgan fingerprint density at radius 3 is 2.82 bits per heavy atom. The number of hydrogen-bond acceptors (Lipinski definition) is 5. The van der Waals surface area contributed by atoms with E-state index in [9.17, 15) is 4.39 Å². The highest BCUT2D eigenvalue weighted by molar-refractivity contribution is 7.98. The highest BCUT2D eigenvalue weighted by atomic mass is 32.2. The minimum Gasteiger partial charge on any atom is -0.364 e. The Morgan fingerprint density at radius 2 is 2.14 bits per heavy atom. The molecule has 1 aromatic carbocycles. The summed E-state index contributed by atoms with van der Waals surface area (Å²) in [4.78, 5) is 10.6. The first-order valence-corrected chi connectivity index (χ1v) is 8.82. The number of likely N-dealkylation sites (N-methyl/N-ethyl adjacent to an activating group) is 1. The van der Waals surface area contributed by atoms with E-state index in [1.54, 1.807) is 12.1 Å². The normalized spacial score (nSPS) is 30.3. The number of fused-ring (bicyclic) bond motifs is 3. The quantitative estimate of drug-likeness (QED) is 0.850. The molecule has 4 aliphatic rings. The summed E-state index contributed by atoms with van der Waals surface area (Å²) in [5.41, 5.74) is 1.96. The summed E-state index contributed by atoms with van der Waals surface area (Å²) >= 11 is 1.51. The van der Waals surface area contributed by atoms with Gasteiger partial charge in [-0.05, 0) is 50.4 Å². The molecule has 0 aromatic heterocycles. The van der Waals surface area contributed by atoms with Gasteiger partial charge in [0, 0.05) is 31.1 Å². The fraction of sp³-hybridized carbons (Fsp3) is 0.562. The molecule has 6 heteroatoms. The highest BCUT2D eigenvalue weighted by Crippen LogP contribution is 2.46. The van der Waals surface area contributed by atoms with Crippen molar-refractivity contribution < 1.29 is 4.39 Å². The summed E-state index contributed by atoms with van der Waals surface area (Å²) in [6.45, 7) is 2.06. The molecule has 116 valence electrons. The van der Waals surface area contributed by atoms with Crippen molar-refractivity contribution in [1.29, 1.82) is 0 Å². The Labute approximate surface area is 133 Å². The van der Waals surface area contributed by atoms with Crippen LogP contribution in [0.4, 0.5) is 15.8 Å². The van der Waals surface area contributed by atoms with Crippen LogP contribution >= 0.6 is 11.9 Å². The van der Waals surface area contributed by atoms with E-state index in [1.165, 1.54) is 31.2 Å². The molecule has 1 aromatic rings. The summed E-state index contributed by atoms with van der Waals surface area (Å²) in [7, 11) is 2.19. The SMILES string of the molecule is CN1CC2CC1CN2c1cc(F)cc2c1N=C(C1CC1)NS2. The number of piperazine rings is 1. The molecule has 3 fully saturated rings. The first kappa shape index (κ1) is 13.2. The molecule has 5 rings (SSSR count). The molecule has 0 spiro atoms. The lowest BCUT2D eigenvalue weighted by molar-refractivity contribution is 0.292. The van der Waals surface area contributed by atoms with Crippen LogP contribution in [-0.4, -0.2) is 43.0 Å². The summed E-state index contributed by atoms with van der Waals surface area (Å²) in [6.07, 6.45) is 3.63. The van der Waals surface area contributed by atoms with Crippen LogP contribution in [0.3, 0.4) is 0 Å². The fourth-order valence-electron chi connectivity index (χ4n) is 3.91. The first-order chi connectivity index (χ1) is 10.7. The van der Waals surface area contributed by atoms with E-state index >= 15 is 0 Å². The van der Waals surface area contributed by atoms with Crippen molar-refractivity contribution in [3.63, 3.8) is 0 Å². The standard InChI is InChI=1S/C16H19FN4S/c1-20-7-12-6-11(20)8-21(12)13-4-10(17)5-14-15(13)18-16(19-22-14)9-2-3-9/h4-5,9,11-12H,2-3,6-8H2,1H3,(H,18,19). The Hall–Kier alpha value is -1.27. The minimum atomic E-state index is -0.163. The van der Waals surface area contributed by atoms with Crippen LogP contribution < -0.4 is 9.62 Å². The van der Waals surface area contributed by atoms with Gasteiger partial charge in [0.25, 0.3) is 0 Å². The zero-order chi connectivity index (χ0) is 14.8. The van der Waals surface area contributed by atoms with Crippen molar-refractivity contribution in [2.75, 3.05) is 25.0 Å². The maximum absolute atomic E-state index is 14.1. The fourth-order valence-corrected chi connectivity index (χ4v) is 4.76. The minimum absolute atomic E-state index is 0.163. The third kappa shape index (κ3) is 1.97. The van der Waals surface area contributed by atoms with Crippen LogP contribution in [0.2, 0.25) is 0 Å². The number of halogens is 1. The number of likely N-dealkylation sites (tertiary alicyclic amines) is 1. The van der Waals surface area contributed by atoms with Crippen molar-refractivity contribution in [3.8, 4) is 0 Å². The summed E-state index contributed by atoms with van der Waals surface area (Å²) in [5, 5.41) is 0. The van der Waals surface area contributed by atoms with Crippen LogP contribution in [0.15, 0.2) is 22.0 Å². The molecule has 22 heavy (non-hydrogen) atoms. The molecule has 1 N–H and O–H groups in total. The summed E-state index contributed by atoms with van der Waals surface area (Å²) in [5.74, 6) is 1.50. The number of aliphatic imine (C=N–C) groups is 1. The smallest absolute Gasteiger partial charge is 0.126 e. The zero-order valence-corrected chi connectivity index (χ0v) is 13.4. The van der Waals surface area contributed by atoms with Gasteiger partial charge in [-0.1, -0.05) is 0 Å². The lowest BCUT2D eigenvalue weighted by atomic mass is 10.2. The third-order valence-corrected chi connectivity index (χ3v) is 6.15. The van der Waals surface area contributed by atoms with E-state index < -0.39 is 0 Å². The molecule has 1 aliphatic carbocycles. The third-order valence-electron chi connectivity index (χ3n) is 5.31. The molecule has 2 saturated heterocycles.